The zero-order chi connectivity index (χ0) is 13.2. The Hall–Kier alpha value is -1.79. The minimum Gasteiger partial charge on any atom is -0.408 e. The first-order chi connectivity index (χ1) is 9.24. The van der Waals surface area contributed by atoms with E-state index in [1.54, 1.807) is 16.7 Å². The molecule has 6 heteroatoms. The predicted molar refractivity (Wildman–Crippen MR) is 72.1 cm³/mol. The van der Waals surface area contributed by atoms with E-state index in [1.807, 2.05) is 6.07 Å². The summed E-state index contributed by atoms with van der Waals surface area (Å²) in [4.78, 5) is 14.1. The molecule has 6 nitrogen and oxygen atoms in total. The van der Waals surface area contributed by atoms with Crippen LogP contribution in [0.3, 0.4) is 0 Å². The zero-order valence-electron chi connectivity index (χ0n) is 10.7. The fraction of sp³-hybridized carbons (Fsp3) is 0.462. The molecule has 2 N–H and O–H groups in total. The van der Waals surface area contributed by atoms with E-state index in [4.69, 9.17) is 14.9 Å². The van der Waals surface area contributed by atoms with E-state index in [2.05, 4.69) is 4.90 Å². The average molecular weight is 263 g/mol. The number of nitrogen functional groups attached to an aromatic ring is 1. The Morgan fingerprint density at radius 1 is 1.21 bits per heavy atom. The monoisotopic (exact) mass is 263 g/mol. The molecule has 102 valence electrons. The third-order valence-corrected chi connectivity index (χ3v) is 3.44. The second kappa shape index (κ2) is 5.07. The lowest BCUT2D eigenvalue weighted by atomic mass is 10.3. The van der Waals surface area contributed by atoms with Gasteiger partial charge in [-0.15, -0.1) is 0 Å². The van der Waals surface area contributed by atoms with Gasteiger partial charge in [-0.1, -0.05) is 0 Å². The lowest BCUT2D eigenvalue weighted by Gasteiger charge is -2.26. The number of hydrogen-bond donors (Lipinski definition) is 1. The van der Waals surface area contributed by atoms with Crippen molar-refractivity contribution in [3.05, 3.63) is 28.7 Å². The fourth-order valence-electron chi connectivity index (χ4n) is 2.36. The highest BCUT2D eigenvalue weighted by molar-refractivity contribution is 5.76. The van der Waals surface area contributed by atoms with Crippen molar-refractivity contribution in [1.29, 1.82) is 0 Å². The van der Waals surface area contributed by atoms with Crippen LogP contribution in [0, 0.1) is 0 Å². The van der Waals surface area contributed by atoms with Crippen LogP contribution in [0.25, 0.3) is 11.1 Å². The van der Waals surface area contributed by atoms with E-state index >= 15 is 0 Å². The molecule has 1 fully saturated rings. The SMILES string of the molecule is Nc1ccc2c(c1)oc(=O)n2CCN1CCOCC1. The molecule has 0 amide bonds. The molecule has 0 unspecified atom stereocenters. The van der Waals surface area contributed by atoms with Crippen LogP contribution in [0.15, 0.2) is 27.4 Å². The highest BCUT2D eigenvalue weighted by Gasteiger charge is 2.13. The summed E-state index contributed by atoms with van der Waals surface area (Å²) in [6, 6.07) is 5.29. The Labute approximate surface area is 110 Å². The standard InChI is InChI=1S/C13H17N3O3/c14-10-1-2-11-12(9-10)19-13(17)16(11)4-3-15-5-7-18-8-6-15/h1-2,9H,3-8,14H2. The lowest BCUT2D eigenvalue weighted by Crippen LogP contribution is -2.38. The zero-order valence-corrected chi connectivity index (χ0v) is 10.7. The summed E-state index contributed by atoms with van der Waals surface area (Å²) in [5, 5.41) is 0. The van der Waals surface area contributed by atoms with Gasteiger partial charge >= 0.3 is 5.76 Å². The first-order valence-corrected chi connectivity index (χ1v) is 6.43. The summed E-state index contributed by atoms with van der Waals surface area (Å²) in [7, 11) is 0. The van der Waals surface area contributed by atoms with Gasteiger partial charge in [0.2, 0.25) is 0 Å². The van der Waals surface area contributed by atoms with Crippen LogP contribution in [0.4, 0.5) is 5.69 Å². The summed E-state index contributed by atoms with van der Waals surface area (Å²) in [5.74, 6) is -0.325. The van der Waals surface area contributed by atoms with E-state index in [0.29, 0.717) is 17.8 Å². The summed E-state index contributed by atoms with van der Waals surface area (Å²) >= 11 is 0. The van der Waals surface area contributed by atoms with Crippen molar-refractivity contribution in [2.24, 2.45) is 0 Å². The van der Waals surface area contributed by atoms with Crippen LogP contribution in [0.2, 0.25) is 0 Å². The molecule has 1 aromatic heterocycles. The maximum Gasteiger partial charge on any atom is 0.419 e. The summed E-state index contributed by atoms with van der Waals surface area (Å²) in [6.45, 7) is 4.79. The van der Waals surface area contributed by atoms with Crippen LogP contribution in [-0.4, -0.2) is 42.3 Å². The number of aromatic nitrogens is 1. The van der Waals surface area contributed by atoms with Gasteiger partial charge in [0.1, 0.15) is 0 Å². The van der Waals surface area contributed by atoms with Gasteiger partial charge in [0, 0.05) is 37.9 Å². The number of morpholine rings is 1. The van der Waals surface area contributed by atoms with Crippen LogP contribution in [0.5, 0.6) is 0 Å². The first kappa shape index (κ1) is 12.3. The van der Waals surface area contributed by atoms with Crippen molar-refractivity contribution in [2.45, 2.75) is 6.54 Å². The number of ether oxygens (including phenoxy) is 1. The first-order valence-electron chi connectivity index (χ1n) is 6.43. The Morgan fingerprint density at radius 2 is 2.00 bits per heavy atom. The van der Waals surface area contributed by atoms with E-state index in [9.17, 15) is 4.79 Å². The molecule has 0 saturated carbocycles. The van der Waals surface area contributed by atoms with Gasteiger partial charge in [-0.05, 0) is 12.1 Å². The van der Waals surface area contributed by atoms with Crippen LogP contribution < -0.4 is 11.5 Å². The number of oxazole rings is 1. The average Bonchev–Trinajstić information content (AvgIpc) is 2.72. The second-order valence-electron chi connectivity index (χ2n) is 4.70. The molecule has 2 heterocycles. The van der Waals surface area contributed by atoms with Crippen molar-refractivity contribution < 1.29 is 9.15 Å². The largest absolute Gasteiger partial charge is 0.419 e. The molecule has 1 aliphatic rings. The smallest absolute Gasteiger partial charge is 0.408 e. The minimum absolute atomic E-state index is 0.325. The summed E-state index contributed by atoms with van der Waals surface area (Å²) in [6.07, 6.45) is 0. The molecule has 1 saturated heterocycles. The molecular weight excluding hydrogens is 246 g/mol. The van der Waals surface area contributed by atoms with Gasteiger partial charge < -0.3 is 14.9 Å². The second-order valence-corrected chi connectivity index (χ2v) is 4.70. The molecule has 2 aromatic rings. The van der Waals surface area contributed by atoms with Gasteiger partial charge in [0.05, 0.1) is 18.7 Å². The number of fused-ring (bicyclic) bond motifs is 1. The third kappa shape index (κ3) is 2.50. The Bertz CT molecular complexity index is 626. The molecule has 0 aliphatic carbocycles. The highest BCUT2D eigenvalue weighted by Crippen LogP contribution is 2.16. The van der Waals surface area contributed by atoms with E-state index in [-0.39, 0.29) is 5.76 Å². The topological polar surface area (TPSA) is 73.6 Å². The van der Waals surface area contributed by atoms with Crippen molar-refractivity contribution >= 4 is 16.8 Å². The molecule has 0 atom stereocenters. The Morgan fingerprint density at radius 3 is 2.79 bits per heavy atom. The van der Waals surface area contributed by atoms with Crippen molar-refractivity contribution in [2.75, 3.05) is 38.6 Å². The number of nitrogens with zero attached hydrogens (tertiary/aromatic N) is 2. The van der Waals surface area contributed by atoms with E-state index in [0.717, 1.165) is 38.4 Å². The predicted octanol–water partition coefficient (Wildman–Crippen LogP) is 0.509. The fourth-order valence-corrected chi connectivity index (χ4v) is 2.36. The molecule has 1 aromatic carbocycles. The van der Waals surface area contributed by atoms with Gasteiger partial charge in [0.15, 0.2) is 5.58 Å². The molecular formula is C13H17N3O3. The number of rotatable bonds is 3. The van der Waals surface area contributed by atoms with Crippen LogP contribution >= 0.6 is 0 Å². The lowest BCUT2D eigenvalue weighted by molar-refractivity contribution is 0.0363. The van der Waals surface area contributed by atoms with Crippen molar-refractivity contribution in [3.63, 3.8) is 0 Å². The van der Waals surface area contributed by atoms with Gasteiger partial charge in [-0.3, -0.25) is 9.47 Å². The number of benzene rings is 1. The molecule has 0 radical (unpaired) electrons. The number of hydrogen-bond acceptors (Lipinski definition) is 5. The normalized spacial score (nSPS) is 17.1. The van der Waals surface area contributed by atoms with Crippen molar-refractivity contribution in [3.8, 4) is 0 Å². The maximum absolute atomic E-state index is 11.8. The highest BCUT2D eigenvalue weighted by atomic mass is 16.5. The summed E-state index contributed by atoms with van der Waals surface area (Å²) < 4.78 is 12.2. The van der Waals surface area contributed by atoms with Crippen molar-refractivity contribution in [1.82, 2.24) is 9.47 Å². The van der Waals surface area contributed by atoms with Crippen LogP contribution in [-0.2, 0) is 11.3 Å². The molecule has 1 aliphatic heterocycles. The van der Waals surface area contributed by atoms with Gasteiger partial charge in [-0.2, -0.15) is 0 Å². The number of anilines is 1. The van der Waals surface area contributed by atoms with E-state index in [1.165, 1.54) is 0 Å². The molecule has 0 spiro atoms. The maximum atomic E-state index is 11.8. The minimum atomic E-state index is -0.325. The van der Waals surface area contributed by atoms with Gasteiger partial charge in [-0.25, -0.2) is 4.79 Å². The third-order valence-electron chi connectivity index (χ3n) is 3.44. The number of nitrogens with two attached hydrogens (primary N) is 1. The quantitative estimate of drug-likeness (QED) is 0.817. The van der Waals surface area contributed by atoms with Crippen LogP contribution in [0.1, 0.15) is 0 Å². The Kier molecular flexibility index (Phi) is 3.27. The summed E-state index contributed by atoms with van der Waals surface area (Å²) in [5.41, 5.74) is 7.63. The Balaban J connectivity index is 1.80. The molecule has 3 rings (SSSR count). The molecule has 0 bridgehead atoms. The molecule has 19 heavy (non-hydrogen) atoms. The van der Waals surface area contributed by atoms with Gasteiger partial charge in [0.25, 0.3) is 0 Å². The van der Waals surface area contributed by atoms with E-state index < -0.39 is 0 Å².